The molecule has 4 heterocycles. The summed E-state index contributed by atoms with van der Waals surface area (Å²) in [7, 11) is 0. The van der Waals surface area contributed by atoms with E-state index in [4.69, 9.17) is 21.1 Å². The predicted molar refractivity (Wildman–Crippen MR) is 118 cm³/mol. The van der Waals surface area contributed by atoms with Gasteiger partial charge in [-0.05, 0) is 31.5 Å². The fourth-order valence-electron chi connectivity index (χ4n) is 4.63. The van der Waals surface area contributed by atoms with Crippen molar-refractivity contribution in [2.24, 2.45) is 0 Å². The van der Waals surface area contributed by atoms with Gasteiger partial charge in [0.25, 0.3) is 0 Å². The molecule has 7 nitrogen and oxygen atoms in total. The average molecular weight is 479 g/mol. The number of thiophene rings is 1. The first-order valence-electron chi connectivity index (χ1n) is 10.6. The molecular weight excluding hydrogens is 455 g/mol. The van der Waals surface area contributed by atoms with Crippen molar-refractivity contribution >= 4 is 22.9 Å². The number of piperidine rings is 1. The smallest absolute Gasteiger partial charge is 0.165 e. The summed E-state index contributed by atoms with van der Waals surface area (Å²) in [5.74, 6) is -0.164. The van der Waals surface area contributed by atoms with Crippen LogP contribution in [0.3, 0.4) is 0 Å². The molecule has 0 amide bonds. The Morgan fingerprint density at radius 2 is 2.25 bits per heavy atom. The van der Waals surface area contributed by atoms with Crippen LogP contribution in [-0.2, 0) is 16.9 Å². The first kappa shape index (κ1) is 21.8. The van der Waals surface area contributed by atoms with Crippen molar-refractivity contribution in [2.45, 2.75) is 50.1 Å². The van der Waals surface area contributed by atoms with Gasteiger partial charge in [0.15, 0.2) is 11.6 Å². The molecular formula is C22H24ClFN4O3S. The molecule has 0 radical (unpaired) electrons. The highest BCUT2D eigenvalue weighted by Gasteiger charge is 2.48. The zero-order valence-electron chi connectivity index (χ0n) is 17.5. The molecule has 2 aliphatic rings. The minimum absolute atomic E-state index is 0.0658. The number of aliphatic hydroxyl groups is 1. The standard InChI is InChI=1S/C22H24ClFN4O3S/c1-13-9-22(21-14(8-20(23)32-21)18(29)12-31-22)10-16(25-13)17-11-28(27-26-17)6-7-30-19-5-3-2-4-15(19)24/h2-5,8,11,13,16,18,25,29H,6-7,9-10,12H2,1H3/t13-,16-,18+,22-/m0/s1. The third-order valence-electron chi connectivity index (χ3n) is 6.00. The fourth-order valence-corrected chi connectivity index (χ4v) is 6.08. The summed E-state index contributed by atoms with van der Waals surface area (Å²) >= 11 is 7.77. The SMILES string of the molecule is C[C@H]1C[C@@]2(C[C@@H](c3cn(CCOc4ccccc4F)nn3)N1)OC[C@@H](O)c1cc(Cl)sc12. The van der Waals surface area contributed by atoms with Crippen LogP contribution in [0.2, 0.25) is 4.34 Å². The second-order valence-electron chi connectivity index (χ2n) is 8.37. The van der Waals surface area contributed by atoms with Gasteiger partial charge in [-0.3, -0.25) is 0 Å². The van der Waals surface area contributed by atoms with E-state index >= 15 is 0 Å². The number of nitrogens with one attached hydrogen (secondary N) is 1. The van der Waals surface area contributed by atoms with Crippen molar-refractivity contribution in [1.82, 2.24) is 20.3 Å². The maximum absolute atomic E-state index is 13.7. The third kappa shape index (κ3) is 4.15. The van der Waals surface area contributed by atoms with E-state index in [0.717, 1.165) is 22.6 Å². The van der Waals surface area contributed by atoms with Gasteiger partial charge < -0.3 is 19.9 Å². The molecule has 4 atom stereocenters. The van der Waals surface area contributed by atoms with Crippen LogP contribution in [0.15, 0.2) is 36.5 Å². The molecule has 32 heavy (non-hydrogen) atoms. The second-order valence-corrected chi connectivity index (χ2v) is 10.1. The molecule has 0 saturated carbocycles. The van der Waals surface area contributed by atoms with E-state index in [9.17, 15) is 9.50 Å². The summed E-state index contributed by atoms with van der Waals surface area (Å²) in [6, 6.07) is 8.28. The van der Waals surface area contributed by atoms with Gasteiger partial charge in [-0.15, -0.1) is 16.4 Å². The van der Waals surface area contributed by atoms with Crippen LogP contribution in [0.25, 0.3) is 0 Å². The minimum Gasteiger partial charge on any atom is -0.489 e. The van der Waals surface area contributed by atoms with E-state index < -0.39 is 11.7 Å². The molecule has 2 N–H and O–H groups in total. The number of fused-ring (bicyclic) bond motifs is 2. The lowest BCUT2D eigenvalue weighted by Crippen LogP contribution is -2.50. The number of ether oxygens (including phenoxy) is 2. The van der Waals surface area contributed by atoms with Crippen molar-refractivity contribution in [3.8, 4) is 5.75 Å². The number of rotatable bonds is 5. The number of aromatic nitrogens is 3. The fraction of sp³-hybridized carbons (Fsp3) is 0.455. The summed E-state index contributed by atoms with van der Waals surface area (Å²) in [4.78, 5) is 1.00. The molecule has 1 spiro atoms. The van der Waals surface area contributed by atoms with E-state index in [0.29, 0.717) is 17.3 Å². The number of benzene rings is 1. The topological polar surface area (TPSA) is 81.4 Å². The van der Waals surface area contributed by atoms with E-state index in [2.05, 4.69) is 22.6 Å². The van der Waals surface area contributed by atoms with Crippen LogP contribution in [0.5, 0.6) is 5.75 Å². The van der Waals surface area contributed by atoms with Gasteiger partial charge in [-0.2, -0.15) is 0 Å². The summed E-state index contributed by atoms with van der Waals surface area (Å²) in [5.41, 5.74) is 1.16. The number of halogens is 2. The lowest BCUT2D eigenvalue weighted by Gasteiger charge is -2.46. The molecule has 5 rings (SSSR count). The molecule has 0 aliphatic carbocycles. The van der Waals surface area contributed by atoms with Crippen LogP contribution < -0.4 is 10.1 Å². The quantitative estimate of drug-likeness (QED) is 0.577. The Kier molecular flexibility index (Phi) is 5.94. The minimum atomic E-state index is -0.654. The van der Waals surface area contributed by atoms with Crippen LogP contribution in [-0.4, -0.2) is 39.4 Å². The van der Waals surface area contributed by atoms with Gasteiger partial charge in [0.1, 0.15) is 18.3 Å². The average Bonchev–Trinajstić information content (AvgIpc) is 3.40. The van der Waals surface area contributed by atoms with Crippen molar-refractivity contribution in [1.29, 1.82) is 0 Å². The molecule has 2 aliphatic heterocycles. The summed E-state index contributed by atoms with van der Waals surface area (Å²) in [6.45, 7) is 3.09. The lowest BCUT2D eigenvalue weighted by atomic mass is 9.79. The van der Waals surface area contributed by atoms with Crippen LogP contribution in [0.1, 0.15) is 48.0 Å². The number of hydrogen-bond donors (Lipinski definition) is 2. The molecule has 1 fully saturated rings. The van der Waals surface area contributed by atoms with Crippen molar-refractivity contribution in [2.75, 3.05) is 13.2 Å². The van der Waals surface area contributed by atoms with Gasteiger partial charge in [0.2, 0.25) is 0 Å². The Hall–Kier alpha value is -2.04. The Balaban J connectivity index is 1.30. The largest absolute Gasteiger partial charge is 0.489 e. The Bertz CT molecular complexity index is 1110. The number of aliphatic hydroxyl groups excluding tert-OH is 1. The van der Waals surface area contributed by atoms with E-state index in [1.54, 1.807) is 22.9 Å². The first-order chi connectivity index (χ1) is 15.4. The van der Waals surface area contributed by atoms with Crippen molar-refractivity contribution in [3.63, 3.8) is 0 Å². The normalized spacial score (nSPS) is 27.4. The monoisotopic (exact) mass is 478 g/mol. The summed E-state index contributed by atoms with van der Waals surface area (Å²) in [5, 5.41) is 22.5. The van der Waals surface area contributed by atoms with E-state index in [1.807, 2.05) is 12.3 Å². The van der Waals surface area contributed by atoms with E-state index in [1.165, 1.54) is 17.4 Å². The number of para-hydroxylation sites is 1. The highest BCUT2D eigenvalue weighted by molar-refractivity contribution is 7.16. The maximum atomic E-state index is 13.7. The zero-order valence-corrected chi connectivity index (χ0v) is 19.1. The molecule has 0 unspecified atom stereocenters. The number of nitrogens with zero attached hydrogens (tertiary/aromatic N) is 3. The van der Waals surface area contributed by atoms with E-state index in [-0.39, 0.29) is 36.9 Å². The summed E-state index contributed by atoms with van der Waals surface area (Å²) < 4.78 is 27.8. The number of hydrogen-bond acceptors (Lipinski definition) is 7. The van der Waals surface area contributed by atoms with Gasteiger partial charge in [-0.25, -0.2) is 9.07 Å². The highest BCUT2D eigenvalue weighted by atomic mass is 35.5. The van der Waals surface area contributed by atoms with Crippen molar-refractivity contribution < 1.29 is 19.0 Å². The van der Waals surface area contributed by atoms with Crippen molar-refractivity contribution in [3.05, 3.63) is 62.8 Å². The predicted octanol–water partition coefficient (Wildman–Crippen LogP) is 3.98. The van der Waals surface area contributed by atoms with Crippen LogP contribution in [0.4, 0.5) is 4.39 Å². The molecule has 3 aromatic rings. The zero-order chi connectivity index (χ0) is 22.3. The molecule has 0 bridgehead atoms. The van der Waals surface area contributed by atoms with Gasteiger partial charge in [0, 0.05) is 22.9 Å². The Morgan fingerprint density at radius 1 is 1.41 bits per heavy atom. The highest BCUT2D eigenvalue weighted by Crippen LogP contribution is 2.51. The van der Waals surface area contributed by atoms with Crippen LogP contribution in [0, 0.1) is 5.82 Å². The van der Waals surface area contributed by atoms with Gasteiger partial charge >= 0.3 is 0 Å². The molecule has 1 saturated heterocycles. The van der Waals surface area contributed by atoms with Crippen LogP contribution >= 0.6 is 22.9 Å². The Labute approximate surface area is 194 Å². The summed E-state index contributed by atoms with van der Waals surface area (Å²) in [6.07, 6.45) is 2.68. The molecule has 1 aromatic carbocycles. The third-order valence-corrected chi connectivity index (χ3v) is 7.47. The van der Waals surface area contributed by atoms with Gasteiger partial charge in [-0.1, -0.05) is 28.9 Å². The maximum Gasteiger partial charge on any atom is 0.165 e. The molecule has 10 heteroatoms. The Morgan fingerprint density at radius 3 is 3.09 bits per heavy atom. The lowest BCUT2D eigenvalue weighted by molar-refractivity contribution is -0.129. The molecule has 170 valence electrons. The second kappa shape index (κ2) is 8.72. The van der Waals surface area contributed by atoms with Gasteiger partial charge in [0.05, 0.1) is 35.4 Å². The first-order valence-corrected chi connectivity index (χ1v) is 11.8. The molecule has 2 aromatic heterocycles.